The summed E-state index contributed by atoms with van der Waals surface area (Å²) in [5.74, 6) is 1.50. The van der Waals surface area contributed by atoms with E-state index in [2.05, 4.69) is 36.4 Å². The Morgan fingerprint density at radius 1 is 1.21 bits per heavy atom. The summed E-state index contributed by atoms with van der Waals surface area (Å²) in [5, 5.41) is 10.3. The average Bonchev–Trinajstić information content (AvgIpc) is 3.25. The molecule has 3 heterocycles. The van der Waals surface area contributed by atoms with Crippen LogP contribution >= 0.6 is 0 Å². The molecule has 1 aliphatic rings. The maximum Gasteiger partial charge on any atom is 0.251 e. The lowest BCUT2D eigenvalue weighted by atomic mass is 10.0. The molecule has 0 spiro atoms. The van der Waals surface area contributed by atoms with Gasteiger partial charge in [0.25, 0.3) is 5.91 Å². The molecule has 1 amide bonds. The van der Waals surface area contributed by atoms with E-state index in [1.54, 1.807) is 6.20 Å². The van der Waals surface area contributed by atoms with E-state index >= 15 is 0 Å². The first-order valence-electron chi connectivity index (χ1n) is 10.1. The second-order valence-corrected chi connectivity index (χ2v) is 7.42. The minimum Gasteiger partial charge on any atom is -0.349 e. The van der Waals surface area contributed by atoms with E-state index in [1.165, 1.54) is 5.56 Å². The summed E-state index contributed by atoms with van der Waals surface area (Å²) >= 11 is 0. The van der Waals surface area contributed by atoms with Crippen LogP contribution in [-0.4, -0.2) is 50.1 Å². The van der Waals surface area contributed by atoms with Crippen molar-refractivity contribution in [1.29, 1.82) is 0 Å². The van der Waals surface area contributed by atoms with Gasteiger partial charge in [0, 0.05) is 55.6 Å². The van der Waals surface area contributed by atoms with E-state index in [9.17, 15) is 4.79 Å². The molecule has 150 valence electrons. The number of hydrogen-bond donors (Lipinski definition) is 2. The van der Waals surface area contributed by atoms with Crippen LogP contribution in [0.15, 0.2) is 48.8 Å². The van der Waals surface area contributed by atoms with E-state index < -0.39 is 0 Å². The molecule has 1 fully saturated rings. The van der Waals surface area contributed by atoms with Gasteiger partial charge in [0.2, 0.25) is 0 Å². The van der Waals surface area contributed by atoms with Crippen LogP contribution < -0.4 is 5.32 Å². The van der Waals surface area contributed by atoms with Crippen molar-refractivity contribution in [2.24, 2.45) is 0 Å². The van der Waals surface area contributed by atoms with Gasteiger partial charge in [-0.25, -0.2) is 4.98 Å². The predicted octanol–water partition coefficient (Wildman–Crippen LogP) is 2.82. The Kier molecular flexibility index (Phi) is 5.95. The first kappa shape index (κ1) is 19.3. The lowest BCUT2D eigenvalue weighted by molar-refractivity contribution is 0.0909. The Hall–Kier alpha value is -3.06. The number of aromatic amines is 1. The third kappa shape index (κ3) is 4.86. The van der Waals surface area contributed by atoms with Gasteiger partial charge in [-0.05, 0) is 36.6 Å². The van der Waals surface area contributed by atoms with Crippen LogP contribution in [0.4, 0.5) is 0 Å². The van der Waals surface area contributed by atoms with Gasteiger partial charge in [0.05, 0.1) is 0 Å². The highest BCUT2D eigenvalue weighted by atomic mass is 16.1. The maximum absolute atomic E-state index is 12.6. The van der Waals surface area contributed by atoms with Crippen LogP contribution in [0.5, 0.6) is 0 Å². The van der Waals surface area contributed by atoms with Crippen molar-refractivity contribution in [2.75, 3.05) is 13.1 Å². The number of aryl methyl sites for hydroxylation is 1. The summed E-state index contributed by atoms with van der Waals surface area (Å²) in [6.07, 6.45) is 6.45. The summed E-state index contributed by atoms with van der Waals surface area (Å²) in [6, 6.07) is 11.8. The summed E-state index contributed by atoms with van der Waals surface area (Å²) in [6.45, 7) is 4.89. The first-order valence-corrected chi connectivity index (χ1v) is 10.1. The number of likely N-dealkylation sites (tertiary alicyclic amines) is 1. The van der Waals surface area contributed by atoms with Gasteiger partial charge < -0.3 is 5.32 Å². The van der Waals surface area contributed by atoms with Gasteiger partial charge >= 0.3 is 0 Å². The van der Waals surface area contributed by atoms with Crippen LogP contribution in [0.3, 0.4) is 0 Å². The van der Waals surface area contributed by atoms with E-state index in [4.69, 9.17) is 0 Å². The highest BCUT2D eigenvalue weighted by Gasteiger charge is 2.21. The van der Waals surface area contributed by atoms with Crippen LogP contribution in [0.2, 0.25) is 0 Å². The quantitative estimate of drug-likeness (QED) is 0.676. The largest absolute Gasteiger partial charge is 0.349 e. The fourth-order valence-corrected chi connectivity index (χ4v) is 3.61. The molecule has 0 radical (unpaired) electrons. The molecule has 4 rings (SSSR count). The minimum absolute atomic E-state index is 0.0218. The number of piperidine rings is 1. The molecule has 1 aromatic carbocycles. The van der Waals surface area contributed by atoms with E-state index in [1.807, 2.05) is 43.5 Å². The molecule has 7 heteroatoms. The molecule has 0 saturated carbocycles. The Bertz CT molecular complexity index is 929. The number of amides is 1. The zero-order chi connectivity index (χ0) is 20.1. The summed E-state index contributed by atoms with van der Waals surface area (Å²) in [5.41, 5.74) is 2.80. The Balaban J connectivity index is 1.28. The fraction of sp³-hybridized carbons (Fsp3) is 0.364. The van der Waals surface area contributed by atoms with Crippen molar-refractivity contribution in [3.05, 3.63) is 65.7 Å². The maximum atomic E-state index is 12.6. The Labute approximate surface area is 170 Å². The number of carbonyl (C=O) groups is 1. The summed E-state index contributed by atoms with van der Waals surface area (Å²) < 4.78 is 0. The summed E-state index contributed by atoms with van der Waals surface area (Å²) in [7, 11) is 0. The third-order valence-electron chi connectivity index (χ3n) is 5.32. The highest BCUT2D eigenvalue weighted by molar-refractivity contribution is 5.94. The lowest BCUT2D eigenvalue weighted by Crippen LogP contribution is -2.44. The number of nitrogens with zero attached hydrogens (tertiary/aromatic N) is 4. The van der Waals surface area contributed by atoms with Gasteiger partial charge in [-0.2, -0.15) is 5.10 Å². The first-order chi connectivity index (χ1) is 14.2. The standard InChI is InChI=1S/C22H26N6O/c1-2-20-25-21(27-26-20)17-5-7-18(8-6-17)22(29)24-19-9-12-28(13-10-19)15-16-4-3-11-23-14-16/h3-8,11,14,19H,2,9-10,12-13,15H2,1H3,(H,24,29)(H,25,26,27). The smallest absolute Gasteiger partial charge is 0.251 e. The van der Waals surface area contributed by atoms with Crippen molar-refractivity contribution in [3.63, 3.8) is 0 Å². The van der Waals surface area contributed by atoms with Crippen molar-refractivity contribution >= 4 is 5.91 Å². The Morgan fingerprint density at radius 3 is 2.66 bits per heavy atom. The van der Waals surface area contributed by atoms with E-state index in [0.29, 0.717) is 11.4 Å². The number of nitrogens with one attached hydrogen (secondary N) is 2. The number of pyridine rings is 1. The second-order valence-electron chi connectivity index (χ2n) is 7.42. The molecule has 3 aromatic rings. The molecule has 29 heavy (non-hydrogen) atoms. The number of hydrogen-bond acceptors (Lipinski definition) is 5. The summed E-state index contributed by atoms with van der Waals surface area (Å²) in [4.78, 5) is 23.6. The van der Waals surface area contributed by atoms with E-state index in [-0.39, 0.29) is 11.9 Å². The molecule has 0 aliphatic carbocycles. The molecule has 0 bridgehead atoms. The number of H-pyrrole nitrogens is 1. The van der Waals surface area contributed by atoms with E-state index in [0.717, 1.165) is 50.3 Å². The topological polar surface area (TPSA) is 86.8 Å². The van der Waals surface area contributed by atoms with Crippen LogP contribution in [-0.2, 0) is 13.0 Å². The molecule has 2 aromatic heterocycles. The zero-order valence-electron chi connectivity index (χ0n) is 16.6. The molecule has 0 unspecified atom stereocenters. The van der Waals surface area contributed by atoms with Gasteiger partial charge in [0.1, 0.15) is 5.82 Å². The predicted molar refractivity (Wildman–Crippen MR) is 111 cm³/mol. The second kappa shape index (κ2) is 8.96. The Morgan fingerprint density at radius 2 is 2.00 bits per heavy atom. The molecule has 0 atom stereocenters. The van der Waals surface area contributed by atoms with Crippen LogP contribution in [0, 0.1) is 0 Å². The van der Waals surface area contributed by atoms with Gasteiger partial charge in [-0.15, -0.1) is 0 Å². The minimum atomic E-state index is -0.0218. The molecule has 7 nitrogen and oxygen atoms in total. The monoisotopic (exact) mass is 390 g/mol. The SMILES string of the molecule is CCc1nc(-c2ccc(C(=O)NC3CCN(Cc4cccnc4)CC3)cc2)n[nH]1. The van der Waals surface area contributed by atoms with Crippen molar-refractivity contribution < 1.29 is 4.79 Å². The number of aromatic nitrogens is 4. The number of rotatable bonds is 6. The normalized spacial score (nSPS) is 15.3. The number of carbonyl (C=O) groups excluding carboxylic acids is 1. The fourth-order valence-electron chi connectivity index (χ4n) is 3.61. The molecular weight excluding hydrogens is 364 g/mol. The molecular formula is C22H26N6O. The van der Waals surface area contributed by atoms with Crippen molar-refractivity contribution in [2.45, 2.75) is 38.8 Å². The van der Waals surface area contributed by atoms with Crippen molar-refractivity contribution in [3.8, 4) is 11.4 Å². The zero-order valence-corrected chi connectivity index (χ0v) is 16.6. The van der Waals surface area contributed by atoms with Crippen molar-refractivity contribution in [1.82, 2.24) is 30.4 Å². The third-order valence-corrected chi connectivity index (χ3v) is 5.32. The highest BCUT2D eigenvalue weighted by Crippen LogP contribution is 2.17. The number of benzene rings is 1. The lowest BCUT2D eigenvalue weighted by Gasteiger charge is -2.32. The molecule has 2 N–H and O–H groups in total. The van der Waals surface area contributed by atoms with Crippen LogP contribution in [0.25, 0.3) is 11.4 Å². The van der Waals surface area contributed by atoms with Gasteiger partial charge in [0.15, 0.2) is 5.82 Å². The molecule has 1 aliphatic heterocycles. The van der Waals surface area contributed by atoms with Gasteiger partial charge in [-0.3, -0.25) is 19.8 Å². The van der Waals surface area contributed by atoms with Gasteiger partial charge in [-0.1, -0.05) is 25.1 Å². The van der Waals surface area contributed by atoms with Crippen LogP contribution in [0.1, 0.15) is 41.5 Å². The average molecular weight is 390 g/mol. The molecule has 1 saturated heterocycles.